The summed E-state index contributed by atoms with van der Waals surface area (Å²) in [5.74, 6) is -0.804. The Morgan fingerprint density at radius 1 is 1.02 bits per heavy atom. The molecule has 0 aliphatic carbocycles. The molecule has 3 heterocycles. The number of anilines is 2. The fourth-order valence-corrected chi connectivity index (χ4v) is 8.37. The van der Waals surface area contributed by atoms with E-state index in [1.807, 2.05) is 11.0 Å². The van der Waals surface area contributed by atoms with Crippen LogP contribution >= 0.6 is 15.9 Å². The highest BCUT2D eigenvalue weighted by atomic mass is 79.9. The quantitative estimate of drug-likeness (QED) is 0.473. The lowest BCUT2D eigenvalue weighted by atomic mass is 9.97. The molecule has 8 nitrogen and oxygen atoms in total. The van der Waals surface area contributed by atoms with Crippen LogP contribution in [-0.4, -0.2) is 75.3 Å². The molecule has 2 amide bonds. The topological polar surface area (TPSA) is 81.2 Å². The van der Waals surface area contributed by atoms with E-state index in [1.165, 1.54) is 16.4 Å². The van der Waals surface area contributed by atoms with Gasteiger partial charge in [0.25, 0.3) is 0 Å². The van der Waals surface area contributed by atoms with Crippen molar-refractivity contribution in [2.45, 2.75) is 43.7 Å². The van der Waals surface area contributed by atoms with E-state index in [0.29, 0.717) is 67.8 Å². The van der Waals surface area contributed by atoms with Crippen molar-refractivity contribution < 1.29 is 31.2 Å². The first-order valence-electron chi connectivity index (χ1n) is 13.7. The lowest BCUT2D eigenvalue weighted by Crippen LogP contribution is -2.53. The maximum atomic E-state index is 14.0. The first-order valence-corrected chi connectivity index (χ1v) is 16.0. The Kier molecular flexibility index (Phi) is 8.41. The first-order chi connectivity index (χ1) is 19.4. The van der Waals surface area contributed by atoms with Crippen molar-refractivity contribution in [2.75, 3.05) is 55.6 Å². The number of hydrogen-bond donors (Lipinski definition) is 0. The molecular weight excluding hydrogens is 625 g/mol. The highest BCUT2D eigenvalue weighted by Gasteiger charge is 2.39. The third-order valence-electron chi connectivity index (χ3n) is 8.08. The summed E-state index contributed by atoms with van der Waals surface area (Å²) in [4.78, 5) is 31.2. The molecule has 2 saturated heterocycles. The van der Waals surface area contributed by atoms with Crippen molar-refractivity contribution in [3.05, 3.63) is 52.0 Å². The number of nitrogens with zero attached hydrogens (tertiary/aromatic N) is 4. The number of alkyl halides is 3. The van der Waals surface area contributed by atoms with Crippen molar-refractivity contribution in [1.29, 1.82) is 0 Å². The van der Waals surface area contributed by atoms with Gasteiger partial charge in [-0.15, -0.1) is 0 Å². The highest BCUT2D eigenvalue weighted by molar-refractivity contribution is 9.10. The molecule has 0 radical (unpaired) electrons. The molecule has 3 aliphatic heterocycles. The average Bonchev–Trinajstić information content (AvgIpc) is 3.39. The van der Waals surface area contributed by atoms with E-state index in [4.69, 9.17) is 0 Å². The van der Waals surface area contributed by atoms with Gasteiger partial charge in [0.05, 0.1) is 17.2 Å². The normalized spacial score (nSPS) is 20.3. The number of rotatable bonds is 5. The van der Waals surface area contributed by atoms with Crippen LogP contribution in [-0.2, 0) is 32.2 Å². The van der Waals surface area contributed by atoms with Crippen LogP contribution in [0.25, 0.3) is 0 Å². The van der Waals surface area contributed by atoms with Crippen LogP contribution in [0.1, 0.15) is 37.3 Å². The molecular formula is C28H32BrF3N4O4S. The molecule has 2 aromatic rings. The summed E-state index contributed by atoms with van der Waals surface area (Å²) in [5, 5.41) is 0. The number of amides is 2. The zero-order chi connectivity index (χ0) is 29.5. The first kappa shape index (κ1) is 29.8. The van der Waals surface area contributed by atoms with E-state index >= 15 is 0 Å². The zero-order valence-corrected chi connectivity index (χ0v) is 25.1. The minimum Gasteiger partial charge on any atom is -0.368 e. The van der Waals surface area contributed by atoms with Crippen molar-refractivity contribution in [3.8, 4) is 0 Å². The van der Waals surface area contributed by atoms with Crippen LogP contribution in [0.3, 0.4) is 0 Å². The number of halogens is 4. The SMILES string of the molecule is CCC(=O)N1CCc2cc(Br)cc(S(=O)(=O)N3CCC[C@H](C(=O)N4CCN(c5cccc(C(F)(F)F)c5)CC4)C3)c21. The molecule has 2 fully saturated rings. The lowest BCUT2D eigenvalue weighted by molar-refractivity contribution is -0.137. The molecule has 0 spiro atoms. The molecule has 1 atom stereocenters. The number of sulfonamides is 1. The smallest absolute Gasteiger partial charge is 0.368 e. The predicted molar refractivity (Wildman–Crippen MR) is 152 cm³/mol. The summed E-state index contributed by atoms with van der Waals surface area (Å²) in [6, 6.07) is 8.55. The van der Waals surface area contributed by atoms with Gasteiger partial charge in [-0.2, -0.15) is 17.5 Å². The third kappa shape index (κ3) is 5.98. The number of piperazine rings is 1. The number of piperidine rings is 1. The second-order valence-electron chi connectivity index (χ2n) is 10.6. The van der Waals surface area contributed by atoms with Gasteiger partial charge in [-0.05, 0) is 55.2 Å². The van der Waals surface area contributed by atoms with E-state index in [1.54, 1.807) is 22.8 Å². The second-order valence-corrected chi connectivity index (χ2v) is 13.4. The monoisotopic (exact) mass is 656 g/mol. The van der Waals surface area contributed by atoms with E-state index in [9.17, 15) is 31.2 Å². The Balaban J connectivity index is 1.29. The molecule has 5 rings (SSSR count). The Bertz CT molecular complexity index is 1440. The van der Waals surface area contributed by atoms with Crippen LogP contribution < -0.4 is 9.80 Å². The molecule has 0 unspecified atom stereocenters. The molecule has 0 bridgehead atoms. The van der Waals surface area contributed by atoms with Gasteiger partial charge in [-0.3, -0.25) is 9.59 Å². The molecule has 222 valence electrons. The Morgan fingerprint density at radius 2 is 1.76 bits per heavy atom. The van der Waals surface area contributed by atoms with Crippen LogP contribution in [0.4, 0.5) is 24.5 Å². The number of carbonyl (C=O) groups is 2. The van der Waals surface area contributed by atoms with Gasteiger partial charge in [-0.1, -0.05) is 28.9 Å². The van der Waals surface area contributed by atoms with Gasteiger partial charge in [0, 0.05) is 62.4 Å². The van der Waals surface area contributed by atoms with Crippen LogP contribution in [0, 0.1) is 5.92 Å². The Labute approximate surface area is 246 Å². The van der Waals surface area contributed by atoms with Crippen LogP contribution in [0.15, 0.2) is 45.8 Å². The number of hydrogen-bond acceptors (Lipinski definition) is 5. The maximum absolute atomic E-state index is 14.0. The number of benzene rings is 2. The average molecular weight is 658 g/mol. The summed E-state index contributed by atoms with van der Waals surface area (Å²) < 4.78 is 69.3. The fraction of sp³-hybridized carbons (Fsp3) is 0.500. The molecule has 0 N–H and O–H groups in total. The molecule has 41 heavy (non-hydrogen) atoms. The van der Waals surface area contributed by atoms with Crippen molar-refractivity contribution >= 4 is 49.1 Å². The summed E-state index contributed by atoms with van der Waals surface area (Å²) in [5.41, 5.74) is 0.969. The standard InChI is InChI=1S/C28H32BrF3N4O4S/c1-2-25(37)36-10-8-19-15-22(29)17-24(26(19)36)41(39,40)35-9-4-5-20(18-35)27(38)34-13-11-33(12-14-34)23-7-3-6-21(16-23)28(30,31)32/h3,6-7,15-17,20H,2,4-5,8-14,18H2,1H3/t20-/m0/s1. The summed E-state index contributed by atoms with van der Waals surface area (Å²) in [6.07, 6.45) is -2.53. The third-order valence-corrected chi connectivity index (χ3v) is 10.4. The molecule has 3 aliphatic rings. The lowest BCUT2D eigenvalue weighted by Gasteiger charge is -2.39. The summed E-state index contributed by atoms with van der Waals surface area (Å²) in [7, 11) is -4.00. The van der Waals surface area contributed by atoms with Crippen molar-refractivity contribution in [2.24, 2.45) is 5.92 Å². The van der Waals surface area contributed by atoms with Gasteiger partial charge >= 0.3 is 6.18 Å². The fourth-order valence-electron chi connectivity index (χ4n) is 5.93. The molecule has 0 aromatic heterocycles. The molecule has 13 heteroatoms. The minimum absolute atomic E-state index is 0.0397. The largest absolute Gasteiger partial charge is 0.416 e. The number of carbonyl (C=O) groups excluding carboxylic acids is 2. The zero-order valence-electron chi connectivity index (χ0n) is 22.7. The Morgan fingerprint density at radius 3 is 2.44 bits per heavy atom. The predicted octanol–water partition coefficient (Wildman–Crippen LogP) is 4.52. The van der Waals surface area contributed by atoms with Gasteiger partial charge in [-0.25, -0.2) is 8.42 Å². The van der Waals surface area contributed by atoms with E-state index in [-0.39, 0.29) is 36.2 Å². The van der Waals surface area contributed by atoms with Gasteiger partial charge in [0.1, 0.15) is 4.90 Å². The molecule has 2 aromatic carbocycles. The van der Waals surface area contributed by atoms with Crippen LogP contribution in [0.5, 0.6) is 0 Å². The molecule has 0 saturated carbocycles. The summed E-state index contributed by atoms with van der Waals surface area (Å²) in [6.45, 7) is 3.93. The van der Waals surface area contributed by atoms with Gasteiger partial charge in [0.2, 0.25) is 21.8 Å². The van der Waals surface area contributed by atoms with E-state index < -0.39 is 27.7 Å². The number of fused-ring (bicyclic) bond motifs is 1. The van der Waals surface area contributed by atoms with Gasteiger partial charge < -0.3 is 14.7 Å². The second kappa shape index (κ2) is 11.6. The van der Waals surface area contributed by atoms with Gasteiger partial charge in [0.15, 0.2) is 0 Å². The van der Waals surface area contributed by atoms with E-state index in [2.05, 4.69) is 15.9 Å². The van der Waals surface area contributed by atoms with E-state index in [0.717, 1.165) is 17.7 Å². The maximum Gasteiger partial charge on any atom is 0.416 e. The summed E-state index contributed by atoms with van der Waals surface area (Å²) >= 11 is 3.42. The van der Waals surface area contributed by atoms with Crippen molar-refractivity contribution in [1.82, 2.24) is 9.21 Å². The van der Waals surface area contributed by atoms with Crippen LogP contribution in [0.2, 0.25) is 0 Å². The van der Waals surface area contributed by atoms with Crippen molar-refractivity contribution in [3.63, 3.8) is 0 Å². The minimum atomic E-state index is -4.43. The highest BCUT2D eigenvalue weighted by Crippen LogP contribution is 2.40. The Hall–Kier alpha value is -2.64.